The van der Waals surface area contributed by atoms with Crippen LogP contribution < -0.4 is 14.8 Å². The van der Waals surface area contributed by atoms with Crippen molar-refractivity contribution < 1.29 is 23.7 Å². The zero-order valence-electron chi connectivity index (χ0n) is 22.2. The van der Waals surface area contributed by atoms with Crippen LogP contribution in [-0.4, -0.2) is 67.9 Å². The largest absolute Gasteiger partial charge is 0.493 e. The molecule has 2 saturated heterocycles. The van der Waals surface area contributed by atoms with E-state index in [9.17, 15) is 0 Å². The first-order chi connectivity index (χ1) is 17.9. The van der Waals surface area contributed by atoms with Crippen LogP contribution in [0.4, 0.5) is 5.82 Å². The first kappa shape index (κ1) is 29.1. The predicted molar refractivity (Wildman–Crippen MR) is 151 cm³/mol. The zero-order valence-corrected chi connectivity index (χ0v) is 23.8. The van der Waals surface area contributed by atoms with Crippen molar-refractivity contribution in [2.24, 2.45) is 0 Å². The quantitative estimate of drug-likeness (QED) is 0.280. The van der Waals surface area contributed by atoms with Gasteiger partial charge in [0.1, 0.15) is 24.4 Å². The fourth-order valence-electron chi connectivity index (χ4n) is 4.33. The highest BCUT2D eigenvalue weighted by atomic mass is 79.9. The molecule has 4 atom stereocenters. The van der Waals surface area contributed by atoms with E-state index in [0.717, 1.165) is 29.6 Å². The normalized spacial score (nSPS) is 23.3. The van der Waals surface area contributed by atoms with Gasteiger partial charge in [-0.05, 0) is 36.4 Å². The molecule has 37 heavy (non-hydrogen) atoms. The minimum absolute atomic E-state index is 0.00871. The average molecular weight is 577 g/mol. The molecule has 2 aliphatic rings. The second-order valence-electron chi connectivity index (χ2n) is 8.66. The van der Waals surface area contributed by atoms with Crippen molar-refractivity contribution in [2.45, 2.75) is 58.0 Å². The Morgan fingerprint density at radius 1 is 1.14 bits per heavy atom. The van der Waals surface area contributed by atoms with Gasteiger partial charge in [0.2, 0.25) is 0 Å². The summed E-state index contributed by atoms with van der Waals surface area (Å²) < 4.78 is 30.8. The lowest BCUT2D eigenvalue weighted by Gasteiger charge is -2.43. The molecule has 2 aliphatic heterocycles. The third-order valence-corrected chi connectivity index (χ3v) is 6.82. The summed E-state index contributed by atoms with van der Waals surface area (Å²) in [5.74, 6) is 1.94. The van der Waals surface area contributed by atoms with Crippen LogP contribution >= 0.6 is 15.9 Å². The number of nitrogens with one attached hydrogen (secondary N) is 1. The van der Waals surface area contributed by atoms with E-state index in [-0.39, 0.29) is 24.4 Å². The summed E-state index contributed by atoms with van der Waals surface area (Å²) >= 11 is 3.37. The molecule has 2 fully saturated rings. The van der Waals surface area contributed by atoms with E-state index in [2.05, 4.69) is 51.3 Å². The van der Waals surface area contributed by atoms with Crippen LogP contribution in [0.15, 0.2) is 53.8 Å². The summed E-state index contributed by atoms with van der Waals surface area (Å²) in [4.78, 5) is 8.69. The van der Waals surface area contributed by atoms with Crippen molar-refractivity contribution in [1.29, 1.82) is 0 Å². The second kappa shape index (κ2) is 14.5. The number of allylic oxidation sites excluding steroid dienone is 3. The number of hydrogen-bond acceptors (Lipinski definition) is 8. The van der Waals surface area contributed by atoms with Gasteiger partial charge in [0.05, 0.1) is 38.0 Å². The van der Waals surface area contributed by atoms with E-state index in [4.69, 9.17) is 23.7 Å². The first-order valence-electron chi connectivity index (χ1n) is 12.6. The molecule has 0 spiro atoms. The zero-order chi connectivity index (χ0) is 26.8. The third kappa shape index (κ3) is 7.54. The molecule has 0 radical (unpaired) electrons. The number of rotatable bonds is 10. The van der Waals surface area contributed by atoms with Crippen molar-refractivity contribution in [3.63, 3.8) is 0 Å². The molecule has 1 aromatic heterocycles. The monoisotopic (exact) mass is 575 g/mol. The van der Waals surface area contributed by atoms with Gasteiger partial charge in [0.25, 0.3) is 0 Å². The number of aromatic nitrogens is 2. The van der Waals surface area contributed by atoms with Crippen LogP contribution in [0.25, 0.3) is 10.9 Å². The van der Waals surface area contributed by atoms with Gasteiger partial charge in [-0.25, -0.2) is 9.97 Å². The third-order valence-electron chi connectivity index (χ3n) is 6.31. The smallest absolute Gasteiger partial charge is 0.164 e. The molecule has 8 nitrogen and oxygen atoms in total. The highest BCUT2D eigenvalue weighted by Crippen LogP contribution is 2.37. The summed E-state index contributed by atoms with van der Waals surface area (Å²) in [5, 5.41) is 4.07. The lowest BCUT2D eigenvalue weighted by atomic mass is 9.96. The van der Waals surface area contributed by atoms with Crippen molar-refractivity contribution in [3.05, 3.63) is 53.8 Å². The maximum Gasteiger partial charge on any atom is 0.164 e. The number of halogens is 1. The van der Waals surface area contributed by atoms with Gasteiger partial charge in [0, 0.05) is 31.0 Å². The Morgan fingerprint density at radius 2 is 1.86 bits per heavy atom. The molecule has 3 heterocycles. The fraction of sp³-hybridized carbons (Fsp3) is 0.500. The molecule has 9 heteroatoms. The molecule has 0 aliphatic carbocycles. The van der Waals surface area contributed by atoms with Crippen LogP contribution in [0.3, 0.4) is 0 Å². The molecule has 202 valence electrons. The van der Waals surface area contributed by atoms with Gasteiger partial charge >= 0.3 is 0 Å². The van der Waals surface area contributed by atoms with Gasteiger partial charge < -0.3 is 29.0 Å². The summed E-state index contributed by atoms with van der Waals surface area (Å²) in [7, 11) is 1.62. The standard InChI is InChI=1S/C21H27N3O5.C7H11Br/c1-4-6-22-21-13-7-15(25-3)18(8-14(13)23-12-24-21)29-20-11-28-16-9-17(20)27-10-19(16)26-5-2;1-4-7(5-2)6(3)8/h4,7-8,12,16-17,19-20H,1,5-6,9-11H2,2-3H3,(H,22,23,24);4H,1,5H2,2-3H3/b;7-6-/t16-,17?,19-,20?;/m0./s1. The second-order valence-corrected chi connectivity index (χ2v) is 9.85. The molecule has 2 unspecified atom stereocenters. The van der Waals surface area contributed by atoms with Gasteiger partial charge in [0.15, 0.2) is 11.5 Å². The number of ether oxygens (including phenoxy) is 5. The number of nitrogens with zero attached hydrogens (tertiary/aromatic N) is 2. The van der Waals surface area contributed by atoms with E-state index in [0.29, 0.717) is 37.9 Å². The van der Waals surface area contributed by atoms with Crippen molar-refractivity contribution >= 4 is 32.7 Å². The molecule has 2 bridgehead atoms. The summed E-state index contributed by atoms with van der Waals surface area (Å²) in [5.41, 5.74) is 2.04. The Kier molecular flexibility index (Phi) is 11.4. The predicted octanol–water partition coefficient (Wildman–Crippen LogP) is 5.83. The van der Waals surface area contributed by atoms with Crippen LogP contribution in [0.5, 0.6) is 11.5 Å². The summed E-state index contributed by atoms with van der Waals surface area (Å²) in [6.45, 7) is 15.7. The lowest BCUT2D eigenvalue weighted by Crippen LogP contribution is -2.55. The topological polar surface area (TPSA) is 84.0 Å². The van der Waals surface area contributed by atoms with E-state index in [1.807, 2.05) is 32.1 Å². The SMILES string of the molecule is C=C/C(CC)=C(\C)Br.C=CCNc1ncnc2cc(OC3CO[C@H]4CC3OC[C@@H]4OCC)c(OC)cc12. The molecule has 4 rings (SSSR count). The van der Waals surface area contributed by atoms with Gasteiger partial charge in [-0.15, -0.1) is 6.58 Å². The van der Waals surface area contributed by atoms with E-state index < -0.39 is 0 Å². The Hall–Kier alpha value is -2.46. The maximum absolute atomic E-state index is 6.27. The molecule has 1 N–H and O–H groups in total. The highest BCUT2D eigenvalue weighted by Gasteiger charge is 2.42. The van der Waals surface area contributed by atoms with Crippen molar-refractivity contribution in [2.75, 3.05) is 38.8 Å². The molecular weight excluding hydrogens is 538 g/mol. The summed E-state index contributed by atoms with van der Waals surface area (Å²) in [6, 6.07) is 3.75. The molecule has 1 aromatic carbocycles. The summed E-state index contributed by atoms with van der Waals surface area (Å²) in [6.07, 6.45) is 6.77. The Balaban J connectivity index is 0.000000414. The van der Waals surface area contributed by atoms with Crippen molar-refractivity contribution in [1.82, 2.24) is 9.97 Å². The van der Waals surface area contributed by atoms with E-state index in [1.165, 1.54) is 16.4 Å². The van der Waals surface area contributed by atoms with Crippen LogP contribution in [-0.2, 0) is 14.2 Å². The number of hydrogen-bond donors (Lipinski definition) is 1. The van der Waals surface area contributed by atoms with Gasteiger partial charge in [-0.3, -0.25) is 0 Å². The minimum atomic E-state index is -0.222. The van der Waals surface area contributed by atoms with Crippen LogP contribution in [0.2, 0.25) is 0 Å². The molecule has 2 aromatic rings. The number of methoxy groups -OCH3 is 1. The van der Waals surface area contributed by atoms with Gasteiger partial charge in [-0.1, -0.05) is 41.6 Å². The van der Waals surface area contributed by atoms with Crippen molar-refractivity contribution in [3.8, 4) is 11.5 Å². The van der Waals surface area contributed by atoms with Crippen LogP contribution in [0, 0.1) is 0 Å². The Labute approximate surface area is 228 Å². The minimum Gasteiger partial charge on any atom is -0.493 e. The average Bonchev–Trinajstić information content (AvgIpc) is 2.91. The van der Waals surface area contributed by atoms with E-state index in [1.54, 1.807) is 13.2 Å². The van der Waals surface area contributed by atoms with E-state index >= 15 is 0 Å². The Bertz CT molecular complexity index is 1090. The number of benzene rings is 1. The van der Waals surface area contributed by atoms with Gasteiger partial charge in [-0.2, -0.15) is 0 Å². The molecule has 0 saturated carbocycles. The number of fused-ring (bicyclic) bond motifs is 3. The highest BCUT2D eigenvalue weighted by molar-refractivity contribution is 9.11. The van der Waals surface area contributed by atoms with Crippen LogP contribution in [0.1, 0.15) is 33.6 Å². The number of anilines is 1. The Morgan fingerprint density at radius 3 is 2.46 bits per heavy atom. The molecular formula is C28H38BrN3O5. The lowest BCUT2D eigenvalue weighted by molar-refractivity contribution is -0.223. The first-order valence-corrected chi connectivity index (χ1v) is 13.4. The fourth-order valence-corrected chi connectivity index (χ4v) is 4.77. The molecule has 0 amide bonds. The maximum atomic E-state index is 6.27.